The Labute approximate surface area is 194 Å². The van der Waals surface area contributed by atoms with Crippen LogP contribution in [0.5, 0.6) is 0 Å². The number of aromatic nitrogens is 1. The molecule has 4 nitrogen and oxygen atoms in total. The van der Waals surface area contributed by atoms with Crippen LogP contribution in [0, 0.1) is 11.6 Å². The highest BCUT2D eigenvalue weighted by molar-refractivity contribution is 6.12. The molecule has 1 aromatic heterocycles. The van der Waals surface area contributed by atoms with Gasteiger partial charge in [-0.3, -0.25) is 9.69 Å². The molecule has 0 unspecified atom stereocenters. The predicted molar refractivity (Wildman–Crippen MR) is 123 cm³/mol. The second kappa shape index (κ2) is 8.05. The van der Waals surface area contributed by atoms with E-state index < -0.39 is 35.4 Å². The van der Waals surface area contributed by atoms with Gasteiger partial charge in [0, 0.05) is 46.7 Å². The summed E-state index contributed by atoms with van der Waals surface area (Å²) in [6.07, 6.45) is -0.612. The number of alkyl halides is 2. The lowest BCUT2D eigenvalue weighted by molar-refractivity contribution is 0.0642. The summed E-state index contributed by atoms with van der Waals surface area (Å²) in [4.78, 5) is 21.0. The minimum absolute atomic E-state index is 0.0429. The molecule has 0 spiro atoms. The van der Waals surface area contributed by atoms with Gasteiger partial charge in [0.05, 0.1) is 11.8 Å². The van der Waals surface area contributed by atoms with Gasteiger partial charge in [0.1, 0.15) is 23.5 Å². The fourth-order valence-corrected chi connectivity index (χ4v) is 4.90. The average Bonchev–Trinajstić information content (AvgIpc) is 3.31. The number of fused-ring (bicyclic) bond motifs is 3. The molecule has 34 heavy (non-hydrogen) atoms. The average molecular weight is 471 g/mol. The van der Waals surface area contributed by atoms with Crippen LogP contribution in [0.4, 0.5) is 17.6 Å². The summed E-state index contributed by atoms with van der Waals surface area (Å²) in [6.45, 7) is 4.73. The molecular weight excluding hydrogens is 446 g/mol. The van der Waals surface area contributed by atoms with Crippen molar-refractivity contribution in [2.45, 2.75) is 57.5 Å². The number of carbonyl (C=O) groups is 1. The minimum atomic E-state index is -1.61. The lowest BCUT2D eigenvalue weighted by Gasteiger charge is -2.43. The van der Waals surface area contributed by atoms with E-state index in [1.807, 2.05) is 31.2 Å². The number of H-pyrrole nitrogens is 1. The first kappa shape index (κ1) is 22.8. The van der Waals surface area contributed by atoms with Gasteiger partial charge in [0.2, 0.25) is 0 Å². The van der Waals surface area contributed by atoms with Gasteiger partial charge in [-0.05, 0) is 51.0 Å². The highest BCUT2D eigenvalue weighted by Crippen LogP contribution is 2.43. The number of para-hydroxylation sites is 1. The van der Waals surface area contributed by atoms with E-state index >= 15 is 8.78 Å². The van der Waals surface area contributed by atoms with Crippen molar-refractivity contribution in [3.8, 4) is 0 Å². The molecule has 1 amide bonds. The Kier molecular flexibility index (Phi) is 5.39. The lowest BCUT2D eigenvalue weighted by Crippen LogP contribution is -2.48. The molecule has 1 saturated carbocycles. The molecule has 178 valence electrons. The maximum atomic E-state index is 15.5. The lowest BCUT2D eigenvalue weighted by atomic mass is 9.87. The first-order chi connectivity index (χ1) is 16.0. The van der Waals surface area contributed by atoms with Crippen molar-refractivity contribution in [3.63, 3.8) is 0 Å². The van der Waals surface area contributed by atoms with Crippen molar-refractivity contribution in [2.75, 3.05) is 6.54 Å². The third kappa shape index (κ3) is 4.04. The van der Waals surface area contributed by atoms with Crippen LogP contribution >= 0.6 is 0 Å². The van der Waals surface area contributed by atoms with Crippen molar-refractivity contribution < 1.29 is 22.4 Å². The van der Waals surface area contributed by atoms with Crippen LogP contribution in [-0.2, 0) is 6.42 Å². The molecule has 1 aliphatic carbocycles. The molecular formula is C26H25F4N3O. The summed E-state index contributed by atoms with van der Waals surface area (Å²) >= 11 is 0. The molecule has 0 bridgehead atoms. The summed E-state index contributed by atoms with van der Waals surface area (Å²) in [5.74, 6) is -2.74. The molecule has 5 rings (SSSR count). The zero-order valence-electron chi connectivity index (χ0n) is 19.1. The third-order valence-electron chi connectivity index (χ3n) is 6.51. The van der Waals surface area contributed by atoms with Crippen LogP contribution in [-0.4, -0.2) is 45.9 Å². The van der Waals surface area contributed by atoms with E-state index in [0.29, 0.717) is 12.1 Å². The van der Waals surface area contributed by atoms with Crippen molar-refractivity contribution in [3.05, 3.63) is 70.4 Å². The summed E-state index contributed by atoms with van der Waals surface area (Å²) in [7, 11) is 0. The van der Waals surface area contributed by atoms with Crippen LogP contribution in [0.1, 0.15) is 60.4 Å². The fourth-order valence-electron chi connectivity index (χ4n) is 4.90. The number of nitrogens with one attached hydrogen (secondary N) is 1. The van der Waals surface area contributed by atoms with Crippen LogP contribution < -0.4 is 0 Å². The number of hydrogen-bond acceptors (Lipinski definition) is 2. The zero-order valence-corrected chi connectivity index (χ0v) is 19.1. The second-order valence-corrected chi connectivity index (χ2v) is 9.84. The fraction of sp³-hybridized carbons (Fsp3) is 0.385. The van der Waals surface area contributed by atoms with Gasteiger partial charge < -0.3 is 4.98 Å². The van der Waals surface area contributed by atoms with Crippen molar-refractivity contribution in [1.82, 2.24) is 9.88 Å². The summed E-state index contributed by atoms with van der Waals surface area (Å²) in [5, 5.41) is 0.960. The molecule has 1 aliphatic heterocycles. The van der Waals surface area contributed by atoms with Gasteiger partial charge in [-0.2, -0.15) is 0 Å². The Morgan fingerprint density at radius 3 is 2.44 bits per heavy atom. The molecule has 2 heterocycles. The van der Waals surface area contributed by atoms with Gasteiger partial charge in [0.25, 0.3) is 5.91 Å². The smallest absolute Gasteiger partial charge is 0.277 e. The second-order valence-electron chi connectivity index (χ2n) is 9.84. The van der Waals surface area contributed by atoms with Crippen LogP contribution in [0.25, 0.3) is 10.9 Å². The Hall–Kier alpha value is -3.00. The predicted octanol–water partition coefficient (Wildman–Crippen LogP) is 5.85. The maximum absolute atomic E-state index is 15.5. The normalized spacial score (nSPS) is 24.0. The maximum Gasteiger partial charge on any atom is 0.277 e. The van der Waals surface area contributed by atoms with E-state index in [9.17, 15) is 13.6 Å². The molecule has 2 aliphatic rings. The van der Waals surface area contributed by atoms with Crippen LogP contribution in [0.2, 0.25) is 0 Å². The molecule has 0 saturated heterocycles. The number of nitrogens with zero attached hydrogens (tertiary/aromatic N) is 2. The quantitative estimate of drug-likeness (QED) is 0.485. The van der Waals surface area contributed by atoms with Gasteiger partial charge in [-0.25, -0.2) is 22.6 Å². The molecule has 3 atom stereocenters. The number of halogens is 4. The SMILES string of the molecule is C[C@@H]1Cc2c([nH]c3ccccc23)[C@@H](c2c(F)cc(C(=O)N=C3C[C@@H]3F)cc2F)N1CC(C)(C)F. The number of hydrogen-bond donors (Lipinski definition) is 1. The highest BCUT2D eigenvalue weighted by atomic mass is 19.1. The number of aromatic amines is 1. The molecule has 8 heteroatoms. The molecule has 2 aromatic carbocycles. The number of amides is 1. The van der Waals surface area contributed by atoms with Gasteiger partial charge in [-0.15, -0.1) is 0 Å². The Balaban J connectivity index is 1.65. The van der Waals surface area contributed by atoms with E-state index in [1.165, 1.54) is 13.8 Å². The monoisotopic (exact) mass is 471 g/mol. The Morgan fingerprint density at radius 2 is 1.82 bits per heavy atom. The van der Waals surface area contributed by atoms with E-state index in [2.05, 4.69) is 9.98 Å². The van der Waals surface area contributed by atoms with Crippen LogP contribution in [0.15, 0.2) is 41.4 Å². The number of rotatable bonds is 4. The summed E-state index contributed by atoms with van der Waals surface area (Å²) in [6, 6.07) is 8.36. The number of benzene rings is 2. The zero-order chi connectivity index (χ0) is 24.4. The van der Waals surface area contributed by atoms with Crippen molar-refractivity contribution >= 4 is 22.5 Å². The third-order valence-corrected chi connectivity index (χ3v) is 6.51. The summed E-state index contributed by atoms with van der Waals surface area (Å²) < 4.78 is 58.9. The van der Waals surface area contributed by atoms with Gasteiger partial charge >= 0.3 is 0 Å². The van der Waals surface area contributed by atoms with Crippen molar-refractivity contribution in [1.29, 1.82) is 0 Å². The standard InChI is InChI=1S/C26H25F4N3O/c1-13-8-16-15-6-4-5-7-20(15)31-23(16)24(33(13)12-26(2,3)30)22-18(28)9-14(10-19(22)29)25(34)32-21-11-17(21)27/h4-7,9-10,13,17,24,31H,8,11-12H2,1-3H3/t13-,17+,24-/m1/s1. The summed E-state index contributed by atoms with van der Waals surface area (Å²) in [5.41, 5.74) is 0.302. The molecule has 0 radical (unpaired) electrons. The van der Waals surface area contributed by atoms with Gasteiger partial charge in [-0.1, -0.05) is 18.2 Å². The number of carbonyl (C=O) groups excluding carboxylic acids is 1. The molecule has 1 N–H and O–H groups in total. The molecule has 1 fully saturated rings. The van der Waals surface area contributed by atoms with E-state index in [0.717, 1.165) is 28.6 Å². The van der Waals surface area contributed by atoms with E-state index in [4.69, 9.17) is 0 Å². The highest BCUT2D eigenvalue weighted by Gasteiger charge is 2.41. The van der Waals surface area contributed by atoms with E-state index in [1.54, 1.807) is 4.90 Å². The first-order valence-corrected chi connectivity index (χ1v) is 11.3. The minimum Gasteiger partial charge on any atom is -0.357 e. The molecule has 3 aromatic rings. The Morgan fingerprint density at radius 1 is 1.18 bits per heavy atom. The van der Waals surface area contributed by atoms with Gasteiger partial charge in [0.15, 0.2) is 0 Å². The largest absolute Gasteiger partial charge is 0.357 e. The van der Waals surface area contributed by atoms with Crippen LogP contribution in [0.3, 0.4) is 0 Å². The first-order valence-electron chi connectivity index (χ1n) is 11.3. The topological polar surface area (TPSA) is 48.5 Å². The van der Waals surface area contributed by atoms with E-state index in [-0.39, 0.29) is 35.8 Å². The Bertz CT molecular complexity index is 1300. The number of aliphatic imine (C=N–C) groups is 1. The van der Waals surface area contributed by atoms with Crippen molar-refractivity contribution in [2.24, 2.45) is 4.99 Å².